The van der Waals surface area contributed by atoms with E-state index in [0.717, 1.165) is 5.69 Å². The molecule has 0 saturated carbocycles. The lowest BCUT2D eigenvalue weighted by atomic mass is 10.1. The van der Waals surface area contributed by atoms with Gasteiger partial charge in [0.15, 0.2) is 22.8 Å². The van der Waals surface area contributed by atoms with Crippen molar-refractivity contribution >= 4 is 40.6 Å². The number of hydrogen-bond acceptors (Lipinski definition) is 7. The summed E-state index contributed by atoms with van der Waals surface area (Å²) in [5.74, 6) is 0.0314. The Bertz CT molecular complexity index is 1240. The van der Waals surface area contributed by atoms with Gasteiger partial charge in [-0.1, -0.05) is 24.3 Å². The van der Waals surface area contributed by atoms with Crippen LogP contribution in [0.2, 0.25) is 0 Å². The SMILES string of the molecule is COc1cc(/C=C2\SC(=Nc3ccccc3)N(Cc3ccco3)C2=O)ccc1O[C@@H](C)C(=O)O. The number of benzene rings is 2. The Morgan fingerprint density at radius 1 is 1.18 bits per heavy atom. The third-order valence-corrected chi connectivity index (χ3v) is 5.91. The molecule has 3 aromatic rings. The first kappa shape index (κ1) is 23.2. The summed E-state index contributed by atoms with van der Waals surface area (Å²) < 4.78 is 16.2. The number of amides is 1. The average molecular weight is 479 g/mol. The van der Waals surface area contributed by atoms with Crippen LogP contribution >= 0.6 is 11.8 Å². The van der Waals surface area contributed by atoms with Crippen LogP contribution in [0, 0.1) is 0 Å². The normalized spacial score (nSPS) is 16.8. The number of furan rings is 1. The van der Waals surface area contributed by atoms with Crippen LogP contribution in [0.15, 0.2) is 81.2 Å². The zero-order valence-electron chi connectivity index (χ0n) is 18.5. The van der Waals surface area contributed by atoms with Gasteiger partial charge in [-0.05, 0) is 66.7 Å². The number of para-hydroxylation sites is 1. The van der Waals surface area contributed by atoms with Gasteiger partial charge < -0.3 is 19.0 Å². The van der Waals surface area contributed by atoms with Gasteiger partial charge in [0.25, 0.3) is 5.91 Å². The first-order chi connectivity index (χ1) is 16.4. The van der Waals surface area contributed by atoms with E-state index in [1.807, 2.05) is 36.4 Å². The molecule has 8 nitrogen and oxygen atoms in total. The second kappa shape index (κ2) is 10.3. The number of aliphatic imine (C=N–C) groups is 1. The number of aliphatic carboxylic acids is 1. The Kier molecular flexibility index (Phi) is 7.03. The molecule has 1 aliphatic heterocycles. The predicted molar refractivity (Wildman–Crippen MR) is 129 cm³/mol. The number of methoxy groups -OCH3 is 1. The molecule has 4 rings (SSSR count). The van der Waals surface area contributed by atoms with E-state index >= 15 is 0 Å². The molecule has 1 amide bonds. The van der Waals surface area contributed by atoms with E-state index in [9.17, 15) is 9.59 Å². The van der Waals surface area contributed by atoms with Gasteiger partial charge in [0, 0.05) is 0 Å². The molecule has 174 valence electrons. The molecule has 34 heavy (non-hydrogen) atoms. The standard InChI is InChI=1S/C25H22N2O6S/c1-16(24(29)30)33-20-11-10-17(13-21(20)31-2)14-22-23(28)27(15-19-9-6-12-32-19)25(34-22)26-18-7-4-3-5-8-18/h3-14,16H,15H2,1-2H3,(H,29,30)/b22-14-,26-25?/t16-/m0/s1. The number of thioether (sulfide) groups is 1. The molecule has 9 heteroatoms. The summed E-state index contributed by atoms with van der Waals surface area (Å²) in [7, 11) is 1.47. The third kappa shape index (κ3) is 5.32. The number of carbonyl (C=O) groups excluding carboxylic acids is 1. The molecule has 0 radical (unpaired) electrons. The van der Waals surface area contributed by atoms with E-state index in [0.29, 0.717) is 32.9 Å². The zero-order chi connectivity index (χ0) is 24.1. The van der Waals surface area contributed by atoms with Crippen molar-refractivity contribution in [1.82, 2.24) is 4.90 Å². The van der Waals surface area contributed by atoms with Crippen molar-refractivity contribution in [2.75, 3.05) is 7.11 Å². The molecule has 1 aliphatic rings. The summed E-state index contributed by atoms with van der Waals surface area (Å²) in [6.45, 7) is 1.69. The minimum atomic E-state index is -1.08. The quantitative estimate of drug-likeness (QED) is 0.457. The minimum Gasteiger partial charge on any atom is -0.493 e. The number of carboxylic acids is 1. The van der Waals surface area contributed by atoms with E-state index in [4.69, 9.17) is 19.0 Å². The topological polar surface area (TPSA) is 102 Å². The Morgan fingerprint density at radius 2 is 1.97 bits per heavy atom. The fraction of sp³-hybridized carbons (Fsp3) is 0.160. The molecule has 0 bridgehead atoms. The van der Waals surface area contributed by atoms with Crippen LogP contribution in [0.5, 0.6) is 11.5 Å². The Balaban J connectivity index is 1.64. The molecule has 1 saturated heterocycles. The van der Waals surface area contributed by atoms with E-state index < -0.39 is 12.1 Å². The maximum absolute atomic E-state index is 13.3. The van der Waals surface area contributed by atoms with Gasteiger partial charge in [-0.25, -0.2) is 9.79 Å². The van der Waals surface area contributed by atoms with Crippen LogP contribution in [0.1, 0.15) is 18.2 Å². The molecule has 1 fully saturated rings. The van der Waals surface area contributed by atoms with Gasteiger partial charge in [0.2, 0.25) is 0 Å². The van der Waals surface area contributed by atoms with Gasteiger partial charge in [-0.15, -0.1) is 0 Å². The summed E-state index contributed by atoms with van der Waals surface area (Å²) >= 11 is 1.27. The van der Waals surface area contributed by atoms with Crippen LogP contribution in [0.25, 0.3) is 6.08 Å². The lowest BCUT2D eigenvalue weighted by Gasteiger charge is -2.14. The van der Waals surface area contributed by atoms with Crippen molar-refractivity contribution in [3.8, 4) is 11.5 Å². The van der Waals surface area contributed by atoms with Crippen LogP contribution in [-0.4, -0.2) is 40.3 Å². The minimum absolute atomic E-state index is 0.199. The number of hydrogen-bond donors (Lipinski definition) is 1. The lowest BCUT2D eigenvalue weighted by molar-refractivity contribution is -0.144. The first-order valence-corrected chi connectivity index (χ1v) is 11.2. The number of ether oxygens (including phenoxy) is 2. The molecule has 1 atom stereocenters. The van der Waals surface area contributed by atoms with Crippen molar-refractivity contribution in [3.05, 3.63) is 83.2 Å². The molecule has 1 N–H and O–H groups in total. The van der Waals surface area contributed by atoms with Crippen molar-refractivity contribution in [1.29, 1.82) is 0 Å². The highest BCUT2D eigenvalue weighted by atomic mass is 32.2. The second-order valence-electron chi connectivity index (χ2n) is 7.32. The van der Waals surface area contributed by atoms with Gasteiger partial charge in [0.05, 0.1) is 30.5 Å². The Morgan fingerprint density at radius 3 is 2.65 bits per heavy atom. The van der Waals surface area contributed by atoms with Crippen molar-refractivity contribution in [2.45, 2.75) is 19.6 Å². The lowest BCUT2D eigenvalue weighted by Crippen LogP contribution is -2.28. The number of rotatable bonds is 8. The monoisotopic (exact) mass is 478 g/mol. The van der Waals surface area contributed by atoms with Gasteiger partial charge in [0.1, 0.15) is 5.76 Å². The molecule has 0 aliphatic carbocycles. The smallest absolute Gasteiger partial charge is 0.344 e. The van der Waals surface area contributed by atoms with Gasteiger partial charge in [-0.3, -0.25) is 9.69 Å². The number of carbonyl (C=O) groups is 2. The van der Waals surface area contributed by atoms with E-state index in [2.05, 4.69) is 4.99 Å². The van der Waals surface area contributed by atoms with E-state index in [1.165, 1.54) is 25.8 Å². The van der Waals surface area contributed by atoms with Crippen molar-refractivity contribution in [3.63, 3.8) is 0 Å². The van der Waals surface area contributed by atoms with Crippen molar-refractivity contribution in [2.24, 2.45) is 4.99 Å². The summed E-state index contributed by atoms with van der Waals surface area (Å²) in [5, 5.41) is 9.63. The number of carboxylic acid groups (broad SMARTS) is 1. The van der Waals surface area contributed by atoms with Crippen LogP contribution in [-0.2, 0) is 16.1 Å². The molecular formula is C25H22N2O6S. The maximum Gasteiger partial charge on any atom is 0.344 e. The molecule has 0 unspecified atom stereocenters. The van der Waals surface area contributed by atoms with Crippen molar-refractivity contribution < 1.29 is 28.6 Å². The number of amidine groups is 1. The fourth-order valence-corrected chi connectivity index (χ4v) is 4.16. The molecule has 1 aromatic heterocycles. The summed E-state index contributed by atoms with van der Waals surface area (Å²) in [6.07, 6.45) is 2.27. The number of nitrogens with zero attached hydrogens (tertiary/aromatic N) is 2. The molecule has 0 spiro atoms. The van der Waals surface area contributed by atoms with Crippen LogP contribution < -0.4 is 9.47 Å². The fourth-order valence-electron chi connectivity index (χ4n) is 3.17. The highest BCUT2D eigenvalue weighted by Gasteiger charge is 2.34. The molecule has 2 heterocycles. The highest BCUT2D eigenvalue weighted by molar-refractivity contribution is 8.18. The maximum atomic E-state index is 13.3. The third-order valence-electron chi connectivity index (χ3n) is 4.90. The summed E-state index contributed by atoms with van der Waals surface area (Å²) in [4.78, 5) is 31.1. The molecule has 2 aromatic carbocycles. The van der Waals surface area contributed by atoms with E-state index in [-0.39, 0.29) is 12.5 Å². The molecular weight excluding hydrogens is 456 g/mol. The zero-order valence-corrected chi connectivity index (χ0v) is 19.3. The second-order valence-corrected chi connectivity index (χ2v) is 8.33. The van der Waals surface area contributed by atoms with E-state index in [1.54, 1.807) is 41.5 Å². The van der Waals surface area contributed by atoms with Crippen LogP contribution in [0.3, 0.4) is 0 Å². The first-order valence-electron chi connectivity index (χ1n) is 10.4. The summed E-state index contributed by atoms with van der Waals surface area (Å²) in [5.41, 5.74) is 1.43. The van der Waals surface area contributed by atoms with Gasteiger partial charge >= 0.3 is 5.97 Å². The predicted octanol–water partition coefficient (Wildman–Crippen LogP) is 4.94. The Labute approximate surface area is 200 Å². The van der Waals surface area contributed by atoms with Crippen LogP contribution in [0.4, 0.5) is 5.69 Å². The largest absolute Gasteiger partial charge is 0.493 e. The van der Waals surface area contributed by atoms with Gasteiger partial charge in [-0.2, -0.15) is 0 Å². The highest BCUT2D eigenvalue weighted by Crippen LogP contribution is 2.37. The summed E-state index contributed by atoms with van der Waals surface area (Å²) in [6, 6.07) is 18.0. The average Bonchev–Trinajstić information content (AvgIpc) is 3.45. The Hall–Kier alpha value is -3.98.